The number of hydrogen-bond donors (Lipinski definition) is 1. The lowest BCUT2D eigenvalue weighted by molar-refractivity contribution is 0.483. The Labute approximate surface area is 121 Å². The molecule has 1 atom stereocenters. The highest BCUT2D eigenvalue weighted by Gasteiger charge is 2.18. The van der Waals surface area contributed by atoms with Gasteiger partial charge >= 0.3 is 0 Å². The van der Waals surface area contributed by atoms with E-state index < -0.39 is 0 Å². The molecule has 0 bridgehead atoms. The molecule has 3 heteroatoms. The Bertz CT molecular complexity index is 586. The van der Waals surface area contributed by atoms with E-state index in [1.54, 1.807) is 0 Å². The molecule has 1 aliphatic rings. The monoisotopic (exact) mass is 269 g/mol. The number of aryl methyl sites for hydroxylation is 2. The average Bonchev–Trinajstić information content (AvgIpc) is 2.88. The minimum absolute atomic E-state index is 0.343. The summed E-state index contributed by atoms with van der Waals surface area (Å²) in [4.78, 5) is 4.59. The van der Waals surface area contributed by atoms with E-state index in [0.29, 0.717) is 6.04 Å². The van der Waals surface area contributed by atoms with Crippen LogP contribution in [0.4, 0.5) is 0 Å². The molecule has 1 unspecified atom stereocenters. The number of rotatable bonds is 4. The molecule has 0 spiro atoms. The SMILES string of the molecule is CNC(Cn1cnc2c1CCCC2)c1cccc(C)c1. The van der Waals surface area contributed by atoms with Gasteiger partial charge in [-0.25, -0.2) is 4.98 Å². The molecule has 3 nitrogen and oxygen atoms in total. The van der Waals surface area contributed by atoms with E-state index in [9.17, 15) is 0 Å². The maximum Gasteiger partial charge on any atom is 0.0952 e. The first kappa shape index (κ1) is 13.4. The average molecular weight is 269 g/mol. The van der Waals surface area contributed by atoms with Crippen molar-refractivity contribution in [1.82, 2.24) is 14.9 Å². The molecule has 3 rings (SSSR count). The van der Waals surface area contributed by atoms with Gasteiger partial charge in [0, 0.05) is 18.3 Å². The van der Waals surface area contributed by atoms with Gasteiger partial charge in [0.2, 0.25) is 0 Å². The van der Waals surface area contributed by atoms with Crippen molar-refractivity contribution in [1.29, 1.82) is 0 Å². The van der Waals surface area contributed by atoms with Gasteiger partial charge in [-0.05, 0) is 45.2 Å². The first-order valence-electron chi connectivity index (χ1n) is 7.54. The van der Waals surface area contributed by atoms with Gasteiger partial charge in [0.15, 0.2) is 0 Å². The molecule has 106 valence electrons. The number of imidazole rings is 1. The first-order valence-corrected chi connectivity index (χ1v) is 7.54. The lowest BCUT2D eigenvalue weighted by atomic mass is 10.0. The molecule has 0 amide bonds. The number of aromatic nitrogens is 2. The molecule has 0 fully saturated rings. The van der Waals surface area contributed by atoms with Crippen molar-refractivity contribution >= 4 is 0 Å². The molecule has 1 heterocycles. The zero-order valence-corrected chi connectivity index (χ0v) is 12.4. The van der Waals surface area contributed by atoms with Gasteiger partial charge in [0.05, 0.1) is 12.0 Å². The summed E-state index contributed by atoms with van der Waals surface area (Å²) >= 11 is 0. The number of nitrogens with one attached hydrogen (secondary N) is 1. The summed E-state index contributed by atoms with van der Waals surface area (Å²) in [6.07, 6.45) is 6.94. The molecular formula is C17H23N3. The van der Waals surface area contributed by atoms with E-state index >= 15 is 0 Å². The predicted octanol–water partition coefficient (Wildman–Crippen LogP) is 3.03. The van der Waals surface area contributed by atoms with E-state index in [-0.39, 0.29) is 0 Å². The topological polar surface area (TPSA) is 29.9 Å². The fraction of sp³-hybridized carbons (Fsp3) is 0.471. The lowest BCUT2D eigenvalue weighted by Gasteiger charge is -2.21. The van der Waals surface area contributed by atoms with E-state index in [4.69, 9.17) is 0 Å². The summed E-state index contributed by atoms with van der Waals surface area (Å²) in [5.41, 5.74) is 5.43. The maximum atomic E-state index is 4.59. The van der Waals surface area contributed by atoms with E-state index in [1.165, 1.54) is 41.8 Å². The Hall–Kier alpha value is -1.61. The second kappa shape index (κ2) is 5.80. The van der Waals surface area contributed by atoms with Crippen molar-refractivity contribution < 1.29 is 0 Å². The fourth-order valence-corrected chi connectivity index (χ4v) is 3.14. The Balaban J connectivity index is 1.83. The molecule has 0 aliphatic heterocycles. The van der Waals surface area contributed by atoms with Crippen molar-refractivity contribution in [2.24, 2.45) is 0 Å². The third kappa shape index (κ3) is 2.63. The van der Waals surface area contributed by atoms with Crippen LogP contribution in [0, 0.1) is 6.92 Å². The van der Waals surface area contributed by atoms with E-state index in [0.717, 1.165) is 13.0 Å². The molecule has 0 saturated heterocycles. The Morgan fingerprint density at radius 2 is 2.15 bits per heavy atom. The summed E-state index contributed by atoms with van der Waals surface area (Å²) in [6, 6.07) is 9.10. The van der Waals surface area contributed by atoms with Gasteiger partial charge in [0.1, 0.15) is 0 Å². The largest absolute Gasteiger partial charge is 0.332 e. The minimum atomic E-state index is 0.343. The summed E-state index contributed by atoms with van der Waals surface area (Å²) in [5, 5.41) is 3.44. The number of likely N-dealkylation sites (N-methyl/N-ethyl adjacent to an activating group) is 1. The van der Waals surface area contributed by atoms with Crippen LogP contribution in [0.3, 0.4) is 0 Å². The van der Waals surface area contributed by atoms with Gasteiger partial charge in [-0.1, -0.05) is 29.8 Å². The van der Waals surface area contributed by atoms with Gasteiger partial charge in [0.25, 0.3) is 0 Å². The number of benzene rings is 1. The zero-order chi connectivity index (χ0) is 13.9. The smallest absolute Gasteiger partial charge is 0.0952 e. The van der Waals surface area contributed by atoms with Gasteiger partial charge in [-0.2, -0.15) is 0 Å². The second-order valence-corrected chi connectivity index (χ2v) is 5.75. The van der Waals surface area contributed by atoms with Crippen LogP contribution in [0.5, 0.6) is 0 Å². The Morgan fingerprint density at radius 3 is 2.95 bits per heavy atom. The van der Waals surface area contributed by atoms with Crippen LogP contribution in [0.25, 0.3) is 0 Å². The van der Waals surface area contributed by atoms with Crippen LogP contribution in [0.1, 0.15) is 41.4 Å². The normalized spacial score (nSPS) is 15.9. The van der Waals surface area contributed by atoms with Crippen LogP contribution >= 0.6 is 0 Å². The van der Waals surface area contributed by atoms with Crippen LogP contribution < -0.4 is 5.32 Å². The highest BCUT2D eigenvalue weighted by Crippen LogP contribution is 2.23. The molecule has 0 radical (unpaired) electrons. The fourth-order valence-electron chi connectivity index (χ4n) is 3.14. The molecule has 1 aromatic heterocycles. The highest BCUT2D eigenvalue weighted by molar-refractivity contribution is 5.25. The molecule has 1 N–H and O–H groups in total. The summed E-state index contributed by atoms with van der Waals surface area (Å²) < 4.78 is 2.35. The predicted molar refractivity (Wildman–Crippen MR) is 81.8 cm³/mol. The Kier molecular flexibility index (Phi) is 3.88. The van der Waals surface area contributed by atoms with Gasteiger partial charge in [-0.15, -0.1) is 0 Å². The third-order valence-corrected chi connectivity index (χ3v) is 4.28. The third-order valence-electron chi connectivity index (χ3n) is 4.28. The standard InChI is InChI=1S/C17H23N3/c1-13-6-5-7-14(10-13)16(18-2)11-20-12-19-15-8-3-4-9-17(15)20/h5-7,10,12,16,18H,3-4,8-9,11H2,1-2H3. The van der Waals surface area contributed by atoms with Crippen molar-refractivity contribution in [2.45, 2.75) is 45.2 Å². The Morgan fingerprint density at radius 1 is 1.30 bits per heavy atom. The molecule has 1 aliphatic carbocycles. The second-order valence-electron chi connectivity index (χ2n) is 5.75. The van der Waals surface area contributed by atoms with Crippen LogP contribution in [-0.4, -0.2) is 16.6 Å². The summed E-state index contributed by atoms with van der Waals surface area (Å²) in [6.45, 7) is 3.11. The zero-order valence-electron chi connectivity index (χ0n) is 12.4. The van der Waals surface area contributed by atoms with Crippen LogP contribution in [-0.2, 0) is 19.4 Å². The number of hydrogen-bond acceptors (Lipinski definition) is 2. The van der Waals surface area contributed by atoms with E-state index in [1.807, 2.05) is 13.4 Å². The van der Waals surface area contributed by atoms with Crippen molar-refractivity contribution in [3.63, 3.8) is 0 Å². The maximum absolute atomic E-state index is 4.59. The summed E-state index contributed by atoms with van der Waals surface area (Å²) in [5.74, 6) is 0. The highest BCUT2D eigenvalue weighted by atomic mass is 15.1. The quantitative estimate of drug-likeness (QED) is 0.924. The minimum Gasteiger partial charge on any atom is -0.332 e. The molecule has 20 heavy (non-hydrogen) atoms. The van der Waals surface area contributed by atoms with Crippen LogP contribution in [0.2, 0.25) is 0 Å². The lowest BCUT2D eigenvalue weighted by Crippen LogP contribution is -2.23. The van der Waals surface area contributed by atoms with Gasteiger partial charge in [-0.3, -0.25) is 0 Å². The van der Waals surface area contributed by atoms with Crippen LogP contribution in [0.15, 0.2) is 30.6 Å². The number of fused-ring (bicyclic) bond motifs is 1. The molecule has 0 saturated carbocycles. The van der Waals surface area contributed by atoms with Crippen molar-refractivity contribution in [3.05, 3.63) is 53.1 Å². The molecule has 2 aromatic rings. The van der Waals surface area contributed by atoms with Crippen molar-refractivity contribution in [3.8, 4) is 0 Å². The first-order chi connectivity index (χ1) is 9.78. The summed E-state index contributed by atoms with van der Waals surface area (Å²) in [7, 11) is 2.04. The molecule has 1 aromatic carbocycles. The molecular weight excluding hydrogens is 246 g/mol. The van der Waals surface area contributed by atoms with Crippen molar-refractivity contribution in [2.75, 3.05) is 7.05 Å². The van der Waals surface area contributed by atoms with Gasteiger partial charge < -0.3 is 9.88 Å². The van der Waals surface area contributed by atoms with E-state index in [2.05, 4.69) is 46.1 Å². The number of nitrogens with zero attached hydrogens (tertiary/aromatic N) is 2.